The predicted octanol–water partition coefficient (Wildman–Crippen LogP) is 6.90. The summed E-state index contributed by atoms with van der Waals surface area (Å²) in [5.41, 5.74) is 1.31. The third kappa shape index (κ3) is 7.13. The molecule has 0 aliphatic carbocycles. The number of ether oxygens (including phenoxy) is 1. The monoisotopic (exact) mass is 428 g/mol. The van der Waals surface area contributed by atoms with Crippen LogP contribution in [0.5, 0.6) is 5.75 Å². The zero-order chi connectivity index (χ0) is 20.5. The second-order valence-corrected chi connectivity index (χ2v) is 9.68. The van der Waals surface area contributed by atoms with E-state index >= 15 is 0 Å². The van der Waals surface area contributed by atoms with Crippen LogP contribution in [0.3, 0.4) is 0 Å². The number of thioether (sulfide) groups is 1. The number of aromatic nitrogens is 2. The van der Waals surface area contributed by atoms with Gasteiger partial charge in [-0.15, -0.1) is 11.8 Å². The van der Waals surface area contributed by atoms with Crippen LogP contribution in [-0.2, 0) is 13.0 Å². The van der Waals surface area contributed by atoms with Crippen molar-refractivity contribution in [1.82, 2.24) is 9.55 Å². The standard InChI is InChI=1S/C24H29ClN2OS/c1-3-4-17-28-22-9-11-23(12-10-22)29-24(2,18-27-16-15-26-19-27)14-13-20-5-7-21(25)8-6-20/h5-12,15-16,19H,3-4,13-14,17-18H2,1-2H3. The summed E-state index contributed by atoms with van der Waals surface area (Å²) >= 11 is 7.95. The predicted molar refractivity (Wildman–Crippen MR) is 123 cm³/mol. The average Bonchev–Trinajstić information content (AvgIpc) is 3.22. The highest BCUT2D eigenvalue weighted by molar-refractivity contribution is 8.00. The molecular formula is C24H29ClN2OS. The van der Waals surface area contributed by atoms with Crippen LogP contribution in [0.2, 0.25) is 5.02 Å². The number of nitrogens with zero attached hydrogens (tertiary/aromatic N) is 2. The molecule has 3 aromatic rings. The van der Waals surface area contributed by atoms with Gasteiger partial charge in [-0.05, 0) is 68.1 Å². The Kier molecular flexibility index (Phi) is 8.08. The number of hydrogen-bond acceptors (Lipinski definition) is 3. The number of hydrogen-bond donors (Lipinski definition) is 0. The fourth-order valence-corrected chi connectivity index (χ4v) is 4.60. The van der Waals surface area contributed by atoms with E-state index in [4.69, 9.17) is 16.3 Å². The van der Waals surface area contributed by atoms with E-state index in [1.807, 2.05) is 42.6 Å². The SMILES string of the molecule is CCCCOc1ccc(SC(C)(CCc2ccc(Cl)cc2)Cn2ccnc2)cc1. The quantitative estimate of drug-likeness (QED) is 0.245. The van der Waals surface area contributed by atoms with Gasteiger partial charge in [0.15, 0.2) is 0 Å². The number of rotatable bonds is 11. The molecule has 1 unspecified atom stereocenters. The summed E-state index contributed by atoms with van der Waals surface area (Å²) in [6.07, 6.45) is 10.1. The van der Waals surface area contributed by atoms with Crippen molar-refractivity contribution in [3.8, 4) is 5.75 Å². The lowest BCUT2D eigenvalue weighted by Gasteiger charge is -2.30. The largest absolute Gasteiger partial charge is 0.494 e. The zero-order valence-corrected chi connectivity index (χ0v) is 18.8. The smallest absolute Gasteiger partial charge is 0.119 e. The Hall–Kier alpha value is -1.91. The minimum Gasteiger partial charge on any atom is -0.494 e. The van der Waals surface area contributed by atoms with Gasteiger partial charge >= 0.3 is 0 Å². The van der Waals surface area contributed by atoms with Crippen LogP contribution < -0.4 is 4.74 Å². The third-order valence-electron chi connectivity index (χ3n) is 4.89. The van der Waals surface area contributed by atoms with E-state index in [1.165, 1.54) is 10.5 Å². The van der Waals surface area contributed by atoms with E-state index in [0.717, 1.165) is 49.6 Å². The van der Waals surface area contributed by atoms with E-state index < -0.39 is 0 Å². The average molecular weight is 429 g/mol. The molecule has 0 radical (unpaired) electrons. The molecule has 0 bridgehead atoms. The fourth-order valence-electron chi connectivity index (χ4n) is 3.21. The molecule has 0 N–H and O–H groups in total. The maximum atomic E-state index is 6.03. The van der Waals surface area contributed by atoms with Crippen LogP contribution in [0.25, 0.3) is 0 Å². The van der Waals surface area contributed by atoms with E-state index in [2.05, 4.69) is 59.8 Å². The van der Waals surface area contributed by atoms with Gasteiger partial charge in [0, 0.05) is 33.6 Å². The van der Waals surface area contributed by atoms with E-state index in [9.17, 15) is 0 Å². The minimum absolute atomic E-state index is 0.0327. The Morgan fingerprint density at radius 3 is 2.52 bits per heavy atom. The summed E-state index contributed by atoms with van der Waals surface area (Å²) in [6.45, 7) is 6.19. The molecule has 3 rings (SSSR count). The van der Waals surface area contributed by atoms with Gasteiger partial charge in [-0.1, -0.05) is 37.1 Å². The normalized spacial score (nSPS) is 13.2. The van der Waals surface area contributed by atoms with Crippen molar-refractivity contribution in [2.24, 2.45) is 0 Å². The number of benzene rings is 2. The highest BCUT2D eigenvalue weighted by atomic mass is 35.5. The van der Waals surface area contributed by atoms with Gasteiger partial charge in [-0.25, -0.2) is 4.98 Å². The minimum atomic E-state index is 0.0327. The maximum Gasteiger partial charge on any atom is 0.119 e. The maximum absolute atomic E-state index is 6.03. The van der Waals surface area contributed by atoms with Gasteiger partial charge in [0.25, 0.3) is 0 Å². The zero-order valence-electron chi connectivity index (χ0n) is 17.2. The molecule has 0 saturated heterocycles. The first kappa shape index (κ1) is 21.8. The Morgan fingerprint density at radius 2 is 1.86 bits per heavy atom. The van der Waals surface area contributed by atoms with Crippen LogP contribution in [0.1, 0.15) is 38.7 Å². The number of imidazole rings is 1. The molecule has 2 aromatic carbocycles. The lowest BCUT2D eigenvalue weighted by molar-refractivity contribution is 0.309. The molecule has 3 nitrogen and oxygen atoms in total. The van der Waals surface area contributed by atoms with Crippen molar-refractivity contribution >= 4 is 23.4 Å². The molecule has 0 saturated carbocycles. The van der Waals surface area contributed by atoms with Gasteiger partial charge in [-0.3, -0.25) is 0 Å². The number of unbranched alkanes of at least 4 members (excludes halogenated alkanes) is 1. The Bertz CT molecular complexity index is 850. The summed E-state index contributed by atoms with van der Waals surface area (Å²) in [6, 6.07) is 16.7. The lowest BCUT2D eigenvalue weighted by Crippen LogP contribution is -2.27. The first-order valence-corrected chi connectivity index (χ1v) is 11.4. The highest BCUT2D eigenvalue weighted by Crippen LogP contribution is 2.38. The molecule has 1 heterocycles. The molecule has 0 aliphatic rings. The van der Waals surface area contributed by atoms with Crippen LogP contribution in [0.4, 0.5) is 0 Å². The number of aryl methyl sites for hydroxylation is 1. The van der Waals surface area contributed by atoms with Gasteiger partial charge in [-0.2, -0.15) is 0 Å². The molecule has 1 atom stereocenters. The van der Waals surface area contributed by atoms with Crippen LogP contribution in [0, 0.1) is 0 Å². The van der Waals surface area contributed by atoms with Crippen LogP contribution >= 0.6 is 23.4 Å². The summed E-state index contributed by atoms with van der Waals surface area (Å²) in [4.78, 5) is 5.47. The first-order chi connectivity index (χ1) is 14.1. The fraction of sp³-hybridized carbons (Fsp3) is 0.375. The van der Waals surface area contributed by atoms with Gasteiger partial charge in [0.05, 0.1) is 12.9 Å². The summed E-state index contributed by atoms with van der Waals surface area (Å²) < 4.78 is 8.00. The molecular weight excluding hydrogens is 400 g/mol. The molecule has 154 valence electrons. The van der Waals surface area contributed by atoms with Crippen LogP contribution in [0.15, 0.2) is 72.1 Å². The van der Waals surface area contributed by atoms with Gasteiger partial charge in [0.1, 0.15) is 5.75 Å². The Labute approximate surface area is 183 Å². The topological polar surface area (TPSA) is 27.1 Å². The van der Waals surface area contributed by atoms with Crippen molar-refractivity contribution in [3.05, 3.63) is 77.8 Å². The summed E-state index contributed by atoms with van der Waals surface area (Å²) in [5.74, 6) is 0.945. The highest BCUT2D eigenvalue weighted by Gasteiger charge is 2.26. The molecule has 5 heteroatoms. The molecule has 1 aromatic heterocycles. The third-order valence-corrected chi connectivity index (χ3v) is 6.47. The molecule has 0 amide bonds. The Morgan fingerprint density at radius 1 is 1.10 bits per heavy atom. The second-order valence-electron chi connectivity index (χ2n) is 7.59. The molecule has 0 fully saturated rings. The first-order valence-electron chi connectivity index (χ1n) is 10.2. The molecule has 29 heavy (non-hydrogen) atoms. The van der Waals surface area contributed by atoms with E-state index in [-0.39, 0.29) is 4.75 Å². The van der Waals surface area contributed by atoms with Crippen molar-refractivity contribution in [2.75, 3.05) is 6.61 Å². The molecule has 0 spiro atoms. The van der Waals surface area contributed by atoms with Crippen LogP contribution in [-0.4, -0.2) is 20.9 Å². The Balaban J connectivity index is 1.68. The van der Waals surface area contributed by atoms with Gasteiger partial charge in [0.2, 0.25) is 0 Å². The van der Waals surface area contributed by atoms with Gasteiger partial charge < -0.3 is 9.30 Å². The summed E-state index contributed by atoms with van der Waals surface area (Å²) in [5, 5.41) is 0.783. The number of halogens is 1. The summed E-state index contributed by atoms with van der Waals surface area (Å²) in [7, 11) is 0. The lowest BCUT2D eigenvalue weighted by atomic mass is 10.00. The van der Waals surface area contributed by atoms with E-state index in [0.29, 0.717) is 0 Å². The van der Waals surface area contributed by atoms with Crippen molar-refractivity contribution in [1.29, 1.82) is 0 Å². The van der Waals surface area contributed by atoms with Crippen molar-refractivity contribution < 1.29 is 4.74 Å². The van der Waals surface area contributed by atoms with Crippen molar-refractivity contribution in [2.45, 2.75) is 55.7 Å². The second kappa shape index (κ2) is 10.7. The van der Waals surface area contributed by atoms with Crippen molar-refractivity contribution in [3.63, 3.8) is 0 Å². The molecule has 0 aliphatic heterocycles. The van der Waals surface area contributed by atoms with E-state index in [1.54, 1.807) is 0 Å².